The summed E-state index contributed by atoms with van der Waals surface area (Å²) in [6.07, 6.45) is 4.36. The van der Waals surface area contributed by atoms with Crippen molar-refractivity contribution in [1.82, 2.24) is 14.5 Å². The van der Waals surface area contributed by atoms with Crippen molar-refractivity contribution in [2.45, 2.75) is 31.5 Å². The van der Waals surface area contributed by atoms with Gasteiger partial charge in [-0.25, -0.2) is 14.4 Å². The van der Waals surface area contributed by atoms with Crippen molar-refractivity contribution in [3.8, 4) is 11.1 Å². The Balaban J connectivity index is 2.36. The van der Waals surface area contributed by atoms with Crippen LogP contribution in [0.1, 0.15) is 26.3 Å². The number of pyridine rings is 1. The van der Waals surface area contributed by atoms with Gasteiger partial charge in [0.25, 0.3) is 5.56 Å². The Morgan fingerprint density at radius 2 is 2.12 bits per heavy atom. The summed E-state index contributed by atoms with van der Waals surface area (Å²) in [7, 11) is 0. The van der Waals surface area contributed by atoms with E-state index in [2.05, 4.69) is 9.97 Å². The van der Waals surface area contributed by atoms with Crippen LogP contribution in [0.25, 0.3) is 22.2 Å². The molecule has 0 fully saturated rings. The van der Waals surface area contributed by atoms with Crippen LogP contribution in [0.15, 0.2) is 40.4 Å². The molecule has 1 aromatic carbocycles. The lowest BCUT2D eigenvalue weighted by Gasteiger charge is -2.17. The number of nitrogens with zero attached hydrogens (tertiary/aromatic N) is 3. The predicted octanol–water partition coefficient (Wildman–Crippen LogP) is 3.87. The van der Waals surface area contributed by atoms with E-state index in [0.717, 1.165) is 11.8 Å². The van der Waals surface area contributed by atoms with Crippen LogP contribution < -0.4 is 11.3 Å². The van der Waals surface area contributed by atoms with Crippen LogP contribution in [0.4, 0.5) is 10.1 Å². The highest BCUT2D eigenvalue weighted by atomic mass is 32.2. The first-order chi connectivity index (χ1) is 12.0. The van der Waals surface area contributed by atoms with Gasteiger partial charge in [0.1, 0.15) is 11.5 Å². The van der Waals surface area contributed by atoms with Crippen molar-refractivity contribution in [2.75, 3.05) is 12.0 Å². The van der Waals surface area contributed by atoms with Crippen LogP contribution in [0, 0.1) is 5.82 Å². The molecule has 0 bridgehead atoms. The Bertz CT molecular complexity index is 1000. The first kappa shape index (κ1) is 17.4. The molecule has 0 radical (unpaired) electrons. The number of nitrogens with two attached hydrogens (primary N) is 1. The number of fused-ring (bicyclic) bond motifs is 1. The molecule has 0 amide bonds. The molecule has 0 saturated heterocycles. The molecule has 0 aliphatic carbocycles. The van der Waals surface area contributed by atoms with Gasteiger partial charge in [-0.2, -0.15) is 0 Å². The molecule has 0 unspecified atom stereocenters. The van der Waals surface area contributed by atoms with Crippen LogP contribution >= 0.6 is 11.8 Å². The fraction of sp³-hybridized carbons (Fsp3) is 0.278. The topological polar surface area (TPSA) is 73.8 Å². The molecule has 3 rings (SSSR count). The molecule has 25 heavy (non-hydrogen) atoms. The van der Waals surface area contributed by atoms with Gasteiger partial charge in [-0.1, -0.05) is 24.8 Å². The van der Waals surface area contributed by atoms with Gasteiger partial charge in [0.15, 0.2) is 5.16 Å². The second-order valence-electron chi connectivity index (χ2n) is 5.86. The van der Waals surface area contributed by atoms with E-state index in [1.54, 1.807) is 22.9 Å². The Morgan fingerprint density at radius 3 is 2.76 bits per heavy atom. The van der Waals surface area contributed by atoms with E-state index in [0.29, 0.717) is 21.9 Å². The number of rotatable bonds is 4. The average molecular weight is 358 g/mol. The minimum atomic E-state index is -0.541. The van der Waals surface area contributed by atoms with Gasteiger partial charge in [-0.3, -0.25) is 9.36 Å². The number of thioether (sulfide) groups is 1. The molecule has 0 aliphatic heterocycles. The third-order valence-electron chi connectivity index (χ3n) is 4.28. The molecule has 0 spiro atoms. The number of hydrogen-bond acceptors (Lipinski definition) is 5. The Labute approximate surface area is 149 Å². The monoisotopic (exact) mass is 358 g/mol. The lowest BCUT2D eigenvalue weighted by molar-refractivity contribution is 0.527. The van der Waals surface area contributed by atoms with Crippen LogP contribution in [0.2, 0.25) is 0 Å². The predicted molar refractivity (Wildman–Crippen MR) is 100 cm³/mol. The molecule has 2 N–H and O–H groups in total. The molecule has 130 valence electrons. The van der Waals surface area contributed by atoms with Crippen molar-refractivity contribution in [1.29, 1.82) is 0 Å². The Hall–Kier alpha value is -2.41. The molecule has 7 heteroatoms. The maximum atomic E-state index is 13.9. The van der Waals surface area contributed by atoms with E-state index in [-0.39, 0.29) is 17.3 Å². The number of halogens is 1. The summed E-state index contributed by atoms with van der Waals surface area (Å²) in [5.74, 6) is -0.541. The second kappa shape index (κ2) is 6.84. The van der Waals surface area contributed by atoms with Crippen LogP contribution in [0.5, 0.6) is 0 Å². The van der Waals surface area contributed by atoms with Crippen LogP contribution in [-0.2, 0) is 0 Å². The molecule has 2 heterocycles. The summed E-state index contributed by atoms with van der Waals surface area (Å²) >= 11 is 1.42. The van der Waals surface area contributed by atoms with Gasteiger partial charge in [0.05, 0.1) is 5.69 Å². The van der Waals surface area contributed by atoms with Crippen LogP contribution in [0.3, 0.4) is 0 Å². The summed E-state index contributed by atoms with van der Waals surface area (Å²) in [6, 6.07) is 6.08. The summed E-state index contributed by atoms with van der Waals surface area (Å²) < 4.78 is 15.5. The van der Waals surface area contributed by atoms with Gasteiger partial charge in [0, 0.05) is 23.2 Å². The third-order valence-corrected chi connectivity index (χ3v) is 4.84. The second-order valence-corrected chi connectivity index (χ2v) is 6.64. The number of benzene rings is 1. The van der Waals surface area contributed by atoms with Crippen molar-refractivity contribution >= 4 is 28.5 Å². The van der Waals surface area contributed by atoms with Crippen molar-refractivity contribution in [3.05, 3.63) is 46.6 Å². The number of hydrogen-bond donors (Lipinski definition) is 1. The Morgan fingerprint density at radius 1 is 1.36 bits per heavy atom. The van der Waals surface area contributed by atoms with E-state index in [9.17, 15) is 9.18 Å². The molecule has 5 nitrogen and oxygen atoms in total. The zero-order valence-corrected chi connectivity index (χ0v) is 15.1. The standard InChI is InChI=1S/C18H19FN4OS/c1-4-10(2)23-16-12(9-21-18(22-16)25-3)7-13(17(23)24)11-5-6-15(20)14(19)8-11/h5-10H,4,20H2,1-3H3/t10-/m1/s1. The highest BCUT2D eigenvalue weighted by molar-refractivity contribution is 7.98. The van der Waals surface area contributed by atoms with Gasteiger partial charge >= 0.3 is 0 Å². The first-order valence-corrected chi connectivity index (χ1v) is 9.20. The van der Waals surface area contributed by atoms with Gasteiger partial charge in [-0.15, -0.1) is 0 Å². The SMILES string of the molecule is CC[C@@H](C)n1c(=O)c(-c2ccc(N)c(F)c2)cc2cnc(SC)nc21. The van der Waals surface area contributed by atoms with E-state index in [1.165, 1.54) is 23.9 Å². The van der Waals surface area contributed by atoms with E-state index < -0.39 is 5.82 Å². The summed E-state index contributed by atoms with van der Waals surface area (Å²) in [6.45, 7) is 3.98. The molecule has 0 saturated carbocycles. The van der Waals surface area contributed by atoms with Gasteiger partial charge in [-0.05, 0) is 43.4 Å². The fourth-order valence-corrected chi connectivity index (χ4v) is 3.03. The lowest BCUT2D eigenvalue weighted by Crippen LogP contribution is -2.25. The molecular weight excluding hydrogens is 339 g/mol. The highest BCUT2D eigenvalue weighted by Crippen LogP contribution is 2.25. The minimum absolute atomic E-state index is 0.0433. The number of anilines is 1. The Kier molecular flexibility index (Phi) is 4.76. The zero-order chi connectivity index (χ0) is 18.1. The quantitative estimate of drug-likeness (QED) is 0.435. The normalized spacial score (nSPS) is 12.5. The van der Waals surface area contributed by atoms with Crippen LogP contribution in [-0.4, -0.2) is 20.8 Å². The molecule has 2 aromatic heterocycles. The minimum Gasteiger partial charge on any atom is -0.396 e. The van der Waals surface area contributed by atoms with E-state index >= 15 is 0 Å². The van der Waals surface area contributed by atoms with Gasteiger partial charge in [0.2, 0.25) is 0 Å². The van der Waals surface area contributed by atoms with Crippen molar-refractivity contribution in [2.24, 2.45) is 0 Å². The number of aromatic nitrogens is 3. The summed E-state index contributed by atoms with van der Waals surface area (Å²) in [5.41, 5.74) is 6.90. The largest absolute Gasteiger partial charge is 0.396 e. The van der Waals surface area contributed by atoms with Crippen molar-refractivity contribution < 1.29 is 4.39 Å². The fourth-order valence-electron chi connectivity index (χ4n) is 2.70. The molecular formula is C18H19FN4OS. The van der Waals surface area contributed by atoms with E-state index in [4.69, 9.17) is 5.73 Å². The maximum Gasteiger partial charge on any atom is 0.260 e. The lowest BCUT2D eigenvalue weighted by atomic mass is 10.0. The smallest absolute Gasteiger partial charge is 0.260 e. The first-order valence-electron chi connectivity index (χ1n) is 7.98. The third kappa shape index (κ3) is 3.11. The molecule has 1 atom stereocenters. The molecule has 0 aliphatic rings. The summed E-state index contributed by atoms with van der Waals surface area (Å²) in [5, 5.41) is 1.35. The van der Waals surface area contributed by atoms with Crippen molar-refractivity contribution in [3.63, 3.8) is 0 Å². The van der Waals surface area contributed by atoms with E-state index in [1.807, 2.05) is 20.1 Å². The van der Waals surface area contributed by atoms with Gasteiger partial charge < -0.3 is 5.73 Å². The maximum absolute atomic E-state index is 13.9. The zero-order valence-electron chi connectivity index (χ0n) is 14.3. The number of nitrogen functional groups attached to an aromatic ring is 1. The highest BCUT2D eigenvalue weighted by Gasteiger charge is 2.17. The summed E-state index contributed by atoms with van der Waals surface area (Å²) in [4.78, 5) is 21.9. The average Bonchev–Trinajstić information content (AvgIpc) is 2.62. The molecule has 3 aromatic rings.